The van der Waals surface area contributed by atoms with Gasteiger partial charge in [-0.05, 0) is 129 Å². The molecule has 0 saturated carbocycles. The van der Waals surface area contributed by atoms with Crippen molar-refractivity contribution in [1.82, 2.24) is 4.57 Å². The highest BCUT2D eigenvalue weighted by molar-refractivity contribution is 6.25. The lowest BCUT2D eigenvalue weighted by Gasteiger charge is -2.26. The number of nitrogens with zero attached hydrogens (tertiary/aromatic N) is 2. The van der Waals surface area contributed by atoms with Gasteiger partial charge in [-0.1, -0.05) is 133 Å². The van der Waals surface area contributed by atoms with Crippen LogP contribution < -0.4 is 4.90 Å². The Morgan fingerprint density at radius 3 is 1.59 bits per heavy atom. The van der Waals surface area contributed by atoms with Crippen molar-refractivity contribution in [3.8, 4) is 27.9 Å². The van der Waals surface area contributed by atoms with Crippen LogP contribution in [0.2, 0.25) is 0 Å². The summed E-state index contributed by atoms with van der Waals surface area (Å²) in [5.74, 6) is 0. The van der Waals surface area contributed by atoms with Crippen LogP contribution in [-0.4, -0.2) is 4.57 Å². The molecule has 0 aliphatic rings. The van der Waals surface area contributed by atoms with Gasteiger partial charge < -0.3 is 13.9 Å². The van der Waals surface area contributed by atoms with Crippen molar-refractivity contribution in [2.75, 3.05) is 4.90 Å². The molecule has 2 aromatic heterocycles. The molecule has 10 aromatic carbocycles. The van der Waals surface area contributed by atoms with E-state index >= 15 is 0 Å². The monoisotopic (exact) mass is 752 g/mol. The van der Waals surface area contributed by atoms with Gasteiger partial charge >= 0.3 is 0 Å². The van der Waals surface area contributed by atoms with Crippen molar-refractivity contribution >= 4 is 82.4 Å². The van der Waals surface area contributed by atoms with E-state index in [9.17, 15) is 0 Å². The minimum Gasteiger partial charge on any atom is -0.455 e. The van der Waals surface area contributed by atoms with Crippen molar-refractivity contribution in [2.24, 2.45) is 0 Å². The quantitative estimate of drug-likeness (QED) is 0.169. The minimum absolute atomic E-state index is 0.911. The predicted molar refractivity (Wildman–Crippen MR) is 249 cm³/mol. The van der Waals surface area contributed by atoms with Gasteiger partial charge in [-0.25, -0.2) is 0 Å². The van der Waals surface area contributed by atoms with Gasteiger partial charge in [0.25, 0.3) is 0 Å². The van der Waals surface area contributed by atoms with Crippen LogP contribution in [-0.2, 0) is 0 Å². The Hall–Kier alpha value is -7.88. The summed E-state index contributed by atoms with van der Waals surface area (Å²) in [5, 5.41) is 9.55. The first-order valence-corrected chi connectivity index (χ1v) is 20.2. The molecule has 3 nitrogen and oxygen atoms in total. The molecule has 12 aromatic rings. The van der Waals surface area contributed by atoms with Gasteiger partial charge in [0.05, 0.1) is 16.4 Å². The molecule has 0 fully saturated rings. The standard InChI is InChI=1S/C56H36N2O/c1-2-14-45(15-3-1)57(47-28-24-40(25-29-47)44-19-18-37-10-4-5-11-41(37)34-44)46-26-20-38(21-27-46)39-22-30-48(31-23-39)58-52-33-32-50-49-16-8-9-17-54(49)59-56(50)55(52)51-35-42-12-6-7-13-43(42)36-53(51)58/h1-36H. The molecule has 0 bridgehead atoms. The Kier molecular flexibility index (Phi) is 7.54. The number of fused-ring (bicyclic) bond motifs is 9. The van der Waals surface area contributed by atoms with E-state index < -0.39 is 0 Å². The van der Waals surface area contributed by atoms with Crippen LogP contribution in [0, 0.1) is 0 Å². The highest BCUT2D eigenvalue weighted by Crippen LogP contribution is 2.42. The summed E-state index contributed by atoms with van der Waals surface area (Å²) in [5.41, 5.74) is 13.3. The van der Waals surface area contributed by atoms with Crippen molar-refractivity contribution in [3.05, 3.63) is 218 Å². The van der Waals surface area contributed by atoms with Gasteiger partial charge in [0.15, 0.2) is 0 Å². The van der Waals surface area contributed by atoms with E-state index in [-0.39, 0.29) is 0 Å². The number of para-hydroxylation sites is 2. The average Bonchev–Trinajstić information content (AvgIpc) is 3.84. The summed E-state index contributed by atoms with van der Waals surface area (Å²) in [6, 6.07) is 78.6. The minimum atomic E-state index is 0.911. The van der Waals surface area contributed by atoms with Gasteiger partial charge in [0.1, 0.15) is 11.2 Å². The van der Waals surface area contributed by atoms with Gasteiger partial charge in [-0.3, -0.25) is 0 Å². The van der Waals surface area contributed by atoms with E-state index in [1.165, 1.54) is 38.1 Å². The number of anilines is 3. The Bertz CT molecular complexity index is 3520. The Morgan fingerprint density at radius 2 is 0.881 bits per heavy atom. The first-order valence-electron chi connectivity index (χ1n) is 20.2. The molecule has 0 unspecified atom stereocenters. The van der Waals surface area contributed by atoms with Crippen LogP contribution in [0.3, 0.4) is 0 Å². The van der Waals surface area contributed by atoms with Crippen molar-refractivity contribution in [2.45, 2.75) is 0 Å². The highest BCUT2D eigenvalue weighted by atomic mass is 16.3. The summed E-state index contributed by atoms with van der Waals surface area (Å²) >= 11 is 0. The summed E-state index contributed by atoms with van der Waals surface area (Å²) in [4.78, 5) is 2.32. The molecule has 12 rings (SSSR count). The maximum Gasteiger partial charge on any atom is 0.145 e. The lowest BCUT2D eigenvalue weighted by molar-refractivity contribution is 0.673. The second kappa shape index (κ2) is 13.4. The third-order valence-electron chi connectivity index (χ3n) is 11.9. The van der Waals surface area contributed by atoms with Crippen molar-refractivity contribution in [3.63, 3.8) is 0 Å². The zero-order chi connectivity index (χ0) is 38.9. The van der Waals surface area contributed by atoms with E-state index in [1.54, 1.807) is 0 Å². The van der Waals surface area contributed by atoms with Crippen LogP contribution in [0.15, 0.2) is 223 Å². The van der Waals surface area contributed by atoms with Gasteiger partial charge in [0.2, 0.25) is 0 Å². The van der Waals surface area contributed by atoms with E-state index in [2.05, 4.69) is 222 Å². The summed E-state index contributed by atoms with van der Waals surface area (Å²) < 4.78 is 9.00. The molecule has 3 heteroatoms. The number of aromatic nitrogens is 1. The first-order chi connectivity index (χ1) is 29.2. The van der Waals surface area contributed by atoms with Crippen LogP contribution in [0.5, 0.6) is 0 Å². The number of hydrogen-bond acceptors (Lipinski definition) is 2. The maximum absolute atomic E-state index is 6.61. The largest absolute Gasteiger partial charge is 0.455 e. The fourth-order valence-corrected chi connectivity index (χ4v) is 9.05. The number of rotatable bonds is 6. The summed E-state index contributed by atoms with van der Waals surface area (Å²) in [6.07, 6.45) is 0. The number of hydrogen-bond donors (Lipinski definition) is 0. The Morgan fingerprint density at radius 1 is 0.339 bits per heavy atom. The SMILES string of the molecule is c1ccc(N(c2ccc(-c3ccc(-n4c5cc6ccccc6cc5c5c6oc7ccccc7c6ccc54)cc3)cc2)c2ccc(-c3ccc4ccccc4c3)cc2)cc1. The molecule has 0 radical (unpaired) electrons. The topological polar surface area (TPSA) is 21.3 Å². The molecule has 276 valence electrons. The van der Waals surface area contributed by atoms with Crippen LogP contribution in [0.1, 0.15) is 0 Å². The fraction of sp³-hybridized carbons (Fsp3) is 0. The van der Waals surface area contributed by atoms with Crippen molar-refractivity contribution < 1.29 is 4.42 Å². The molecule has 0 aliphatic carbocycles. The second-order valence-electron chi connectivity index (χ2n) is 15.4. The van der Waals surface area contributed by atoms with Crippen LogP contribution in [0.4, 0.5) is 17.1 Å². The summed E-state index contributed by atoms with van der Waals surface area (Å²) in [7, 11) is 0. The molecule has 0 spiro atoms. The molecular weight excluding hydrogens is 717 g/mol. The third-order valence-corrected chi connectivity index (χ3v) is 11.9. The maximum atomic E-state index is 6.61. The molecule has 0 amide bonds. The van der Waals surface area contributed by atoms with E-state index in [4.69, 9.17) is 4.42 Å². The van der Waals surface area contributed by atoms with E-state index in [0.717, 1.165) is 72.2 Å². The second-order valence-corrected chi connectivity index (χ2v) is 15.4. The van der Waals surface area contributed by atoms with Crippen LogP contribution in [0.25, 0.3) is 93.2 Å². The average molecular weight is 753 g/mol. The molecular formula is C56H36N2O. The fourth-order valence-electron chi connectivity index (χ4n) is 9.05. The van der Waals surface area contributed by atoms with E-state index in [0.29, 0.717) is 0 Å². The molecule has 0 N–H and O–H groups in total. The lowest BCUT2D eigenvalue weighted by atomic mass is 10.0. The molecule has 0 atom stereocenters. The molecule has 0 aliphatic heterocycles. The first kappa shape index (κ1) is 33.3. The Labute approximate surface area is 341 Å². The van der Waals surface area contributed by atoms with E-state index in [1.807, 2.05) is 6.07 Å². The predicted octanol–water partition coefficient (Wildman–Crippen LogP) is 15.8. The highest BCUT2D eigenvalue weighted by Gasteiger charge is 2.20. The molecule has 2 heterocycles. The zero-order valence-corrected chi connectivity index (χ0v) is 32.1. The van der Waals surface area contributed by atoms with Crippen molar-refractivity contribution in [1.29, 1.82) is 0 Å². The molecule has 0 saturated heterocycles. The van der Waals surface area contributed by atoms with Gasteiger partial charge in [0, 0.05) is 38.9 Å². The van der Waals surface area contributed by atoms with Gasteiger partial charge in [-0.2, -0.15) is 0 Å². The Balaban J connectivity index is 0.908. The summed E-state index contributed by atoms with van der Waals surface area (Å²) in [6.45, 7) is 0. The van der Waals surface area contributed by atoms with Gasteiger partial charge in [-0.15, -0.1) is 0 Å². The number of furan rings is 1. The smallest absolute Gasteiger partial charge is 0.145 e. The van der Waals surface area contributed by atoms with Crippen LogP contribution >= 0.6 is 0 Å². The molecule has 59 heavy (non-hydrogen) atoms. The lowest BCUT2D eigenvalue weighted by Crippen LogP contribution is -2.09. The normalized spacial score (nSPS) is 11.7. The third kappa shape index (κ3) is 5.51. The zero-order valence-electron chi connectivity index (χ0n) is 32.1. The number of benzene rings is 10.